The van der Waals surface area contributed by atoms with Crippen LogP contribution in [0.3, 0.4) is 0 Å². The molecule has 0 aliphatic heterocycles. The molecule has 0 N–H and O–H groups in total. The minimum absolute atomic E-state index is 0.200. The third-order valence-electron chi connectivity index (χ3n) is 2.53. The summed E-state index contributed by atoms with van der Waals surface area (Å²) in [6.45, 7) is 0.647. The van der Waals surface area contributed by atoms with E-state index < -0.39 is 0 Å². The van der Waals surface area contributed by atoms with Crippen LogP contribution in [0, 0.1) is 0 Å². The van der Waals surface area contributed by atoms with Gasteiger partial charge in [0.25, 0.3) is 5.69 Å². The molecule has 1 aromatic heterocycles. The van der Waals surface area contributed by atoms with Crippen molar-refractivity contribution in [1.82, 2.24) is 0 Å². The Bertz CT molecular complexity index is 528. The van der Waals surface area contributed by atoms with Crippen LogP contribution < -0.4 is 4.57 Å². The van der Waals surface area contributed by atoms with Crippen LogP contribution >= 0.6 is 15.9 Å². The standard InChI is InChI=1S/C14H13BrNO2/c15-11-18-14(17)13-8-4-5-9-16(13)10-12-6-2-1-3-7-12/h1-9H,10-11H2/q+1. The first-order valence-electron chi connectivity index (χ1n) is 5.57. The lowest BCUT2D eigenvalue weighted by Gasteiger charge is -2.03. The van der Waals surface area contributed by atoms with Crippen molar-refractivity contribution in [3.05, 3.63) is 66.0 Å². The number of carbonyl (C=O) groups excluding carboxylic acids is 1. The maximum atomic E-state index is 11.8. The summed E-state index contributed by atoms with van der Waals surface area (Å²) in [5.74, 6) is -0.330. The fraction of sp³-hybridized carbons (Fsp3) is 0.143. The predicted octanol–water partition coefficient (Wildman–Crippen LogP) is 2.53. The Labute approximate surface area is 114 Å². The van der Waals surface area contributed by atoms with Crippen molar-refractivity contribution >= 4 is 21.9 Å². The highest BCUT2D eigenvalue weighted by atomic mass is 79.9. The van der Waals surface area contributed by atoms with Gasteiger partial charge in [-0.15, -0.1) is 0 Å². The summed E-state index contributed by atoms with van der Waals surface area (Å²) in [5, 5.41) is 0. The summed E-state index contributed by atoms with van der Waals surface area (Å²) in [4.78, 5) is 11.8. The van der Waals surface area contributed by atoms with E-state index in [2.05, 4.69) is 15.9 Å². The molecule has 0 amide bonds. The van der Waals surface area contributed by atoms with Gasteiger partial charge >= 0.3 is 5.97 Å². The zero-order chi connectivity index (χ0) is 12.8. The Morgan fingerprint density at radius 2 is 1.83 bits per heavy atom. The van der Waals surface area contributed by atoms with E-state index in [1.807, 2.05) is 53.2 Å². The quantitative estimate of drug-likeness (QED) is 0.494. The second-order valence-electron chi connectivity index (χ2n) is 3.74. The van der Waals surface area contributed by atoms with Crippen molar-refractivity contribution in [2.45, 2.75) is 6.54 Å². The predicted molar refractivity (Wildman–Crippen MR) is 71.4 cm³/mol. The van der Waals surface area contributed by atoms with Crippen molar-refractivity contribution in [3.8, 4) is 0 Å². The van der Waals surface area contributed by atoms with Gasteiger partial charge in [0.15, 0.2) is 12.7 Å². The fourth-order valence-corrected chi connectivity index (χ4v) is 1.91. The van der Waals surface area contributed by atoms with Gasteiger partial charge in [0.1, 0.15) is 5.52 Å². The molecule has 0 saturated heterocycles. The number of halogens is 1. The van der Waals surface area contributed by atoms with Gasteiger partial charge in [0.2, 0.25) is 0 Å². The number of hydrogen-bond acceptors (Lipinski definition) is 2. The van der Waals surface area contributed by atoms with Crippen LogP contribution in [0.5, 0.6) is 0 Å². The van der Waals surface area contributed by atoms with E-state index in [4.69, 9.17) is 4.74 Å². The highest BCUT2D eigenvalue weighted by Gasteiger charge is 2.19. The lowest BCUT2D eigenvalue weighted by molar-refractivity contribution is -0.690. The second-order valence-corrected chi connectivity index (χ2v) is 4.20. The Kier molecular flexibility index (Phi) is 4.47. The van der Waals surface area contributed by atoms with Crippen molar-refractivity contribution < 1.29 is 14.1 Å². The number of pyridine rings is 1. The van der Waals surface area contributed by atoms with Crippen LogP contribution in [-0.2, 0) is 11.3 Å². The van der Waals surface area contributed by atoms with Crippen LogP contribution in [0.15, 0.2) is 54.7 Å². The molecule has 1 heterocycles. The van der Waals surface area contributed by atoms with Gasteiger partial charge in [-0.1, -0.05) is 30.3 Å². The third-order valence-corrected chi connectivity index (χ3v) is 2.76. The summed E-state index contributed by atoms with van der Waals surface area (Å²) in [6.07, 6.45) is 1.87. The van der Waals surface area contributed by atoms with Crippen molar-refractivity contribution in [3.63, 3.8) is 0 Å². The van der Waals surface area contributed by atoms with E-state index in [9.17, 15) is 4.79 Å². The summed E-state index contributed by atoms with van der Waals surface area (Å²) in [6, 6.07) is 15.5. The molecule has 0 fully saturated rings. The van der Waals surface area contributed by atoms with Gasteiger partial charge in [-0.05, 0) is 22.0 Å². The Balaban J connectivity index is 2.25. The van der Waals surface area contributed by atoms with Gasteiger partial charge in [-0.3, -0.25) is 0 Å². The largest absolute Gasteiger partial charge is 0.446 e. The molecule has 0 aliphatic rings. The maximum Gasteiger partial charge on any atom is 0.404 e. The normalized spacial score (nSPS) is 10.1. The summed E-state index contributed by atoms with van der Waals surface area (Å²) in [5.41, 5.74) is 1.88. The molecule has 92 valence electrons. The molecular weight excluding hydrogens is 294 g/mol. The molecule has 0 bridgehead atoms. The van der Waals surface area contributed by atoms with E-state index in [1.54, 1.807) is 6.07 Å². The fourth-order valence-electron chi connectivity index (χ4n) is 1.70. The highest BCUT2D eigenvalue weighted by Crippen LogP contribution is 2.01. The van der Waals surface area contributed by atoms with Crippen molar-refractivity contribution in [2.24, 2.45) is 0 Å². The van der Waals surface area contributed by atoms with Gasteiger partial charge in [-0.25, -0.2) is 4.79 Å². The van der Waals surface area contributed by atoms with E-state index in [1.165, 1.54) is 0 Å². The van der Waals surface area contributed by atoms with E-state index >= 15 is 0 Å². The summed E-state index contributed by atoms with van der Waals surface area (Å²) < 4.78 is 6.84. The lowest BCUT2D eigenvalue weighted by atomic mass is 10.2. The molecule has 3 nitrogen and oxygen atoms in total. The molecule has 18 heavy (non-hydrogen) atoms. The summed E-state index contributed by atoms with van der Waals surface area (Å²) in [7, 11) is 0. The second kappa shape index (κ2) is 6.31. The lowest BCUT2D eigenvalue weighted by Crippen LogP contribution is -2.41. The van der Waals surface area contributed by atoms with Crippen molar-refractivity contribution in [2.75, 3.05) is 5.52 Å². The zero-order valence-electron chi connectivity index (χ0n) is 9.75. The molecule has 0 spiro atoms. The van der Waals surface area contributed by atoms with E-state index in [0.717, 1.165) is 5.56 Å². The molecule has 1 aromatic carbocycles. The number of hydrogen-bond donors (Lipinski definition) is 0. The molecule has 2 aromatic rings. The number of carbonyl (C=O) groups is 1. The number of rotatable bonds is 4. The first-order chi connectivity index (χ1) is 8.81. The van der Waals surface area contributed by atoms with Crippen LogP contribution in [0.25, 0.3) is 0 Å². The van der Waals surface area contributed by atoms with Crippen molar-refractivity contribution in [1.29, 1.82) is 0 Å². The van der Waals surface area contributed by atoms with E-state index in [0.29, 0.717) is 12.2 Å². The highest BCUT2D eigenvalue weighted by molar-refractivity contribution is 9.09. The van der Waals surface area contributed by atoms with Crippen LogP contribution in [0.2, 0.25) is 0 Å². The van der Waals surface area contributed by atoms with Gasteiger partial charge in [-0.2, -0.15) is 4.57 Å². The molecule has 0 unspecified atom stereocenters. The number of aromatic nitrogens is 1. The SMILES string of the molecule is O=C(OCBr)c1cccc[n+]1Cc1ccccc1. The van der Waals surface area contributed by atoms with Gasteiger partial charge in [0.05, 0.1) is 0 Å². The third kappa shape index (κ3) is 3.17. The topological polar surface area (TPSA) is 30.2 Å². The molecule has 2 rings (SSSR count). The maximum absolute atomic E-state index is 11.8. The van der Waals surface area contributed by atoms with E-state index in [-0.39, 0.29) is 11.5 Å². The first kappa shape index (κ1) is 12.8. The number of ether oxygens (including phenoxy) is 1. The molecule has 4 heteroatoms. The Morgan fingerprint density at radius 3 is 2.56 bits per heavy atom. The molecule has 0 atom stereocenters. The number of nitrogens with zero attached hydrogens (tertiary/aromatic N) is 1. The number of esters is 1. The summed E-state index contributed by atoms with van der Waals surface area (Å²) >= 11 is 3.09. The van der Waals surface area contributed by atoms with Crippen LogP contribution in [0.1, 0.15) is 16.1 Å². The van der Waals surface area contributed by atoms with Crippen LogP contribution in [-0.4, -0.2) is 11.5 Å². The average Bonchev–Trinajstić information content (AvgIpc) is 2.41. The molecule has 0 aliphatic carbocycles. The minimum Gasteiger partial charge on any atom is -0.446 e. The molecule has 0 saturated carbocycles. The van der Waals surface area contributed by atoms with Gasteiger partial charge < -0.3 is 4.74 Å². The smallest absolute Gasteiger partial charge is 0.404 e. The molecule has 0 radical (unpaired) electrons. The monoisotopic (exact) mass is 306 g/mol. The first-order valence-corrected chi connectivity index (χ1v) is 6.69. The Morgan fingerprint density at radius 1 is 1.11 bits per heavy atom. The number of benzene rings is 1. The molecular formula is C14H13BrNO2+. The Hall–Kier alpha value is -1.68. The number of alkyl halides is 1. The minimum atomic E-state index is -0.330. The van der Waals surface area contributed by atoms with Crippen LogP contribution in [0.4, 0.5) is 0 Å². The zero-order valence-corrected chi connectivity index (χ0v) is 11.3. The van der Waals surface area contributed by atoms with Gasteiger partial charge in [0, 0.05) is 17.7 Å². The average molecular weight is 307 g/mol.